The monoisotopic (exact) mass is 248 g/mol. The average Bonchev–Trinajstić information content (AvgIpc) is 2.42. The lowest BCUT2D eigenvalue weighted by atomic mass is 10.1. The van der Waals surface area contributed by atoms with Crippen LogP contribution in [-0.2, 0) is 6.42 Å². The second-order valence-electron chi connectivity index (χ2n) is 5.00. The average molecular weight is 248 g/mol. The van der Waals surface area contributed by atoms with Gasteiger partial charge in [0.05, 0.1) is 0 Å². The van der Waals surface area contributed by atoms with Crippen LogP contribution in [0.1, 0.15) is 18.4 Å². The van der Waals surface area contributed by atoms with Crippen LogP contribution in [0.2, 0.25) is 0 Å². The van der Waals surface area contributed by atoms with Crippen molar-refractivity contribution < 1.29 is 5.11 Å². The molecular weight excluding hydrogens is 224 g/mol. The maximum absolute atomic E-state index is 9.09. The summed E-state index contributed by atoms with van der Waals surface area (Å²) < 4.78 is 0. The predicted octanol–water partition coefficient (Wildman–Crippen LogP) is 1.28. The first-order chi connectivity index (χ1) is 8.90. The summed E-state index contributed by atoms with van der Waals surface area (Å²) in [4.78, 5) is 2.52. The van der Waals surface area contributed by atoms with Gasteiger partial charge in [-0.15, -0.1) is 0 Å². The number of rotatable bonds is 6. The molecule has 2 N–H and O–H groups in total. The second kappa shape index (κ2) is 7.52. The van der Waals surface area contributed by atoms with Gasteiger partial charge in [-0.05, 0) is 31.4 Å². The summed E-state index contributed by atoms with van der Waals surface area (Å²) in [6.45, 7) is 4.64. The van der Waals surface area contributed by atoms with Crippen molar-refractivity contribution in [1.82, 2.24) is 10.2 Å². The zero-order chi connectivity index (χ0) is 12.6. The van der Waals surface area contributed by atoms with Crippen molar-refractivity contribution in [3.05, 3.63) is 35.9 Å². The Morgan fingerprint density at radius 2 is 2.11 bits per heavy atom. The molecule has 0 bridgehead atoms. The maximum atomic E-state index is 9.09. The van der Waals surface area contributed by atoms with Crippen LogP contribution in [0.15, 0.2) is 30.3 Å². The van der Waals surface area contributed by atoms with E-state index in [1.165, 1.54) is 12.0 Å². The standard InChI is InChI=1S/C15H24N2O/c18-12-8-15-13-16-9-11-17(15)10-4-7-14-5-2-1-3-6-14/h1-3,5-6,15-16,18H,4,7-13H2/t15-/m1/s1. The van der Waals surface area contributed by atoms with Gasteiger partial charge in [-0.2, -0.15) is 0 Å². The first kappa shape index (κ1) is 13.5. The summed E-state index contributed by atoms with van der Waals surface area (Å²) in [5.41, 5.74) is 1.42. The van der Waals surface area contributed by atoms with Crippen molar-refractivity contribution in [2.45, 2.75) is 25.3 Å². The highest BCUT2D eigenvalue weighted by Crippen LogP contribution is 2.10. The molecular formula is C15H24N2O. The van der Waals surface area contributed by atoms with Gasteiger partial charge in [-0.25, -0.2) is 0 Å². The van der Waals surface area contributed by atoms with Gasteiger partial charge in [0.15, 0.2) is 0 Å². The van der Waals surface area contributed by atoms with Crippen molar-refractivity contribution in [3.8, 4) is 0 Å². The molecule has 1 aliphatic heterocycles. The van der Waals surface area contributed by atoms with Crippen molar-refractivity contribution in [2.24, 2.45) is 0 Å². The summed E-state index contributed by atoms with van der Waals surface area (Å²) in [5.74, 6) is 0. The SMILES string of the molecule is OCC[C@@H]1CNCCN1CCCc1ccccc1. The van der Waals surface area contributed by atoms with Crippen LogP contribution in [0.25, 0.3) is 0 Å². The predicted molar refractivity (Wildman–Crippen MR) is 74.7 cm³/mol. The number of aryl methyl sites for hydroxylation is 1. The summed E-state index contributed by atoms with van der Waals surface area (Å²) in [6.07, 6.45) is 3.24. The van der Waals surface area contributed by atoms with Crippen molar-refractivity contribution in [1.29, 1.82) is 0 Å². The van der Waals surface area contributed by atoms with E-state index in [0.29, 0.717) is 12.6 Å². The lowest BCUT2D eigenvalue weighted by Crippen LogP contribution is -2.51. The van der Waals surface area contributed by atoms with Crippen molar-refractivity contribution >= 4 is 0 Å². The molecule has 0 aliphatic carbocycles. The van der Waals surface area contributed by atoms with Crippen LogP contribution in [0.4, 0.5) is 0 Å². The zero-order valence-electron chi connectivity index (χ0n) is 11.0. The molecule has 2 rings (SSSR count). The number of nitrogens with zero attached hydrogens (tertiary/aromatic N) is 1. The van der Waals surface area contributed by atoms with Gasteiger partial charge in [0, 0.05) is 32.3 Å². The van der Waals surface area contributed by atoms with Crippen LogP contribution < -0.4 is 5.32 Å². The third kappa shape index (κ3) is 4.09. The second-order valence-corrected chi connectivity index (χ2v) is 5.00. The summed E-state index contributed by atoms with van der Waals surface area (Å²) in [5, 5.41) is 12.5. The summed E-state index contributed by atoms with van der Waals surface area (Å²) in [7, 11) is 0. The number of nitrogens with one attached hydrogen (secondary N) is 1. The molecule has 100 valence electrons. The van der Waals surface area contributed by atoms with E-state index in [2.05, 4.69) is 40.5 Å². The summed E-state index contributed by atoms with van der Waals surface area (Å²) >= 11 is 0. The van der Waals surface area contributed by atoms with Gasteiger partial charge in [0.2, 0.25) is 0 Å². The molecule has 1 fully saturated rings. The molecule has 18 heavy (non-hydrogen) atoms. The molecule has 1 aromatic carbocycles. The summed E-state index contributed by atoms with van der Waals surface area (Å²) in [6, 6.07) is 11.2. The fourth-order valence-corrected chi connectivity index (χ4v) is 2.66. The smallest absolute Gasteiger partial charge is 0.0446 e. The molecule has 0 spiro atoms. The van der Waals surface area contributed by atoms with E-state index >= 15 is 0 Å². The normalized spacial score (nSPS) is 21.1. The van der Waals surface area contributed by atoms with Crippen molar-refractivity contribution in [2.75, 3.05) is 32.8 Å². The molecule has 0 aromatic heterocycles. The van der Waals surface area contributed by atoms with Crippen molar-refractivity contribution in [3.63, 3.8) is 0 Å². The quantitative estimate of drug-likeness (QED) is 0.796. The molecule has 3 nitrogen and oxygen atoms in total. The molecule has 3 heteroatoms. The van der Waals surface area contributed by atoms with Crippen LogP contribution in [-0.4, -0.2) is 48.8 Å². The molecule has 1 aliphatic rings. The number of benzene rings is 1. The Morgan fingerprint density at radius 1 is 1.28 bits per heavy atom. The molecule has 0 unspecified atom stereocenters. The number of aliphatic hydroxyl groups is 1. The highest BCUT2D eigenvalue weighted by atomic mass is 16.3. The van der Waals surface area contributed by atoms with Crippen LogP contribution in [0.3, 0.4) is 0 Å². The fraction of sp³-hybridized carbons (Fsp3) is 0.600. The fourth-order valence-electron chi connectivity index (χ4n) is 2.66. The largest absolute Gasteiger partial charge is 0.396 e. The molecule has 1 saturated heterocycles. The van der Waals surface area contributed by atoms with Crippen LogP contribution >= 0.6 is 0 Å². The molecule has 1 heterocycles. The minimum atomic E-state index is 0.293. The highest BCUT2D eigenvalue weighted by molar-refractivity contribution is 5.14. The van der Waals surface area contributed by atoms with E-state index in [0.717, 1.165) is 39.0 Å². The maximum Gasteiger partial charge on any atom is 0.0446 e. The Kier molecular flexibility index (Phi) is 5.65. The minimum absolute atomic E-state index is 0.293. The number of aliphatic hydroxyl groups excluding tert-OH is 1. The van der Waals surface area contributed by atoms with E-state index in [1.807, 2.05) is 0 Å². The van der Waals surface area contributed by atoms with Gasteiger partial charge in [-0.3, -0.25) is 4.90 Å². The number of piperazine rings is 1. The first-order valence-corrected chi connectivity index (χ1v) is 6.99. The number of hydrogen-bond acceptors (Lipinski definition) is 3. The highest BCUT2D eigenvalue weighted by Gasteiger charge is 2.20. The Labute approximate surface area is 110 Å². The van der Waals surface area contributed by atoms with Gasteiger partial charge >= 0.3 is 0 Å². The lowest BCUT2D eigenvalue weighted by molar-refractivity contribution is 0.129. The topological polar surface area (TPSA) is 35.5 Å². The van der Waals surface area contributed by atoms with Gasteiger partial charge in [-0.1, -0.05) is 30.3 Å². The molecule has 1 atom stereocenters. The Bertz CT molecular complexity index is 327. The minimum Gasteiger partial charge on any atom is -0.396 e. The van der Waals surface area contributed by atoms with Gasteiger partial charge < -0.3 is 10.4 Å². The molecule has 1 aromatic rings. The van der Waals surface area contributed by atoms with E-state index in [-0.39, 0.29) is 0 Å². The molecule has 0 radical (unpaired) electrons. The zero-order valence-corrected chi connectivity index (χ0v) is 11.0. The Balaban J connectivity index is 1.74. The van der Waals surface area contributed by atoms with E-state index in [9.17, 15) is 0 Å². The van der Waals surface area contributed by atoms with E-state index in [1.54, 1.807) is 0 Å². The van der Waals surface area contributed by atoms with E-state index < -0.39 is 0 Å². The Hall–Kier alpha value is -0.900. The first-order valence-electron chi connectivity index (χ1n) is 6.99. The molecule has 0 saturated carbocycles. The van der Waals surface area contributed by atoms with Crippen LogP contribution in [0, 0.1) is 0 Å². The third-order valence-corrected chi connectivity index (χ3v) is 3.69. The molecule has 0 amide bonds. The Morgan fingerprint density at radius 3 is 2.89 bits per heavy atom. The van der Waals surface area contributed by atoms with E-state index in [4.69, 9.17) is 5.11 Å². The van der Waals surface area contributed by atoms with Crippen LogP contribution in [0.5, 0.6) is 0 Å². The van der Waals surface area contributed by atoms with Gasteiger partial charge in [0.25, 0.3) is 0 Å². The number of hydrogen-bond donors (Lipinski definition) is 2. The lowest BCUT2D eigenvalue weighted by Gasteiger charge is -2.36. The van der Waals surface area contributed by atoms with Gasteiger partial charge in [0.1, 0.15) is 0 Å². The third-order valence-electron chi connectivity index (χ3n) is 3.69.